The molecule has 9 atom stereocenters. The molecule has 0 spiro atoms. The molecule has 4 aliphatic carbocycles. The predicted octanol–water partition coefficient (Wildman–Crippen LogP) is 5.46. The molecule has 4 fully saturated rings. The molecule has 0 saturated heterocycles. The molecule has 4 aliphatic rings. The van der Waals surface area contributed by atoms with Gasteiger partial charge >= 0.3 is 5.97 Å². The maximum atomic E-state index is 11.3. The number of carbonyl (C=O) groups is 1. The van der Waals surface area contributed by atoms with Crippen LogP contribution in [0.5, 0.6) is 0 Å². The highest BCUT2D eigenvalue weighted by Gasteiger charge is 2.62. The lowest BCUT2D eigenvalue weighted by molar-refractivity contribution is -0.211. The third-order valence-corrected chi connectivity index (χ3v) is 11.0. The van der Waals surface area contributed by atoms with E-state index < -0.39 is 11.8 Å². The zero-order chi connectivity index (χ0) is 21.9. The van der Waals surface area contributed by atoms with Gasteiger partial charge in [-0.2, -0.15) is 0 Å². The smallest absolute Gasteiger partial charge is 0.364 e. The Balaban J connectivity index is 1.57. The molecule has 4 nitrogen and oxygen atoms in total. The highest BCUT2D eigenvalue weighted by Crippen LogP contribution is 2.69. The number of hydrogen-bond acceptors (Lipinski definition) is 3. The van der Waals surface area contributed by atoms with E-state index in [1.165, 1.54) is 57.8 Å². The molecule has 0 aliphatic heterocycles. The summed E-state index contributed by atoms with van der Waals surface area (Å²) in [5, 5.41) is 29.1. The summed E-state index contributed by atoms with van der Waals surface area (Å²) in [6.45, 7) is 9.53. The second-order valence-electron chi connectivity index (χ2n) is 12.2. The lowest BCUT2D eigenvalue weighted by Gasteiger charge is -2.63. The van der Waals surface area contributed by atoms with Crippen LogP contribution in [0.1, 0.15) is 98.3 Å². The first-order chi connectivity index (χ1) is 14.0. The molecule has 0 aromatic carbocycles. The Bertz CT molecular complexity index is 659. The Labute approximate surface area is 182 Å². The molecule has 0 heterocycles. The largest absolute Gasteiger partial charge is 0.477 e. The summed E-state index contributed by atoms with van der Waals surface area (Å²) in [7, 11) is 0. The lowest BCUT2D eigenvalue weighted by Crippen LogP contribution is -2.55. The summed E-state index contributed by atoms with van der Waals surface area (Å²) >= 11 is 0. The molecular weight excluding hydrogens is 376 g/mol. The number of aliphatic carboxylic acids is 1. The van der Waals surface area contributed by atoms with Gasteiger partial charge < -0.3 is 15.3 Å². The van der Waals surface area contributed by atoms with E-state index in [-0.39, 0.29) is 17.8 Å². The van der Waals surface area contributed by atoms with E-state index in [4.69, 9.17) is 0 Å². The van der Waals surface area contributed by atoms with Crippen LogP contribution < -0.4 is 0 Å². The fraction of sp³-hybridized carbons (Fsp3) is 0.962. The van der Waals surface area contributed by atoms with Crippen molar-refractivity contribution in [2.24, 2.45) is 52.3 Å². The van der Waals surface area contributed by atoms with Crippen LogP contribution in [0.25, 0.3) is 0 Å². The van der Waals surface area contributed by atoms with Crippen LogP contribution in [0.4, 0.5) is 0 Å². The summed E-state index contributed by atoms with van der Waals surface area (Å²) in [5.41, 5.74) is 0.729. The van der Waals surface area contributed by atoms with Crippen molar-refractivity contribution >= 4 is 5.97 Å². The fourth-order valence-electron chi connectivity index (χ4n) is 9.67. The molecule has 0 bridgehead atoms. The fourth-order valence-corrected chi connectivity index (χ4v) is 9.67. The van der Waals surface area contributed by atoms with Gasteiger partial charge in [-0.25, -0.2) is 4.79 Å². The minimum absolute atomic E-state index is 0.00577. The molecule has 0 amide bonds. The van der Waals surface area contributed by atoms with E-state index in [1.54, 1.807) is 0 Å². The highest BCUT2D eigenvalue weighted by atomic mass is 16.5. The minimum Gasteiger partial charge on any atom is -0.477 e. The Morgan fingerprint density at radius 1 is 1.00 bits per heavy atom. The summed E-state index contributed by atoms with van der Waals surface area (Å²) in [5.74, 6) is 0.421. The van der Waals surface area contributed by atoms with E-state index in [0.717, 1.165) is 30.1 Å². The Morgan fingerprint density at radius 2 is 1.70 bits per heavy atom. The number of carboxylic acid groups (broad SMARTS) is 1. The van der Waals surface area contributed by atoms with E-state index in [9.17, 15) is 20.1 Å². The van der Waals surface area contributed by atoms with Gasteiger partial charge in [-0.3, -0.25) is 0 Å². The van der Waals surface area contributed by atoms with Gasteiger partial charge in [0.1, 0.15) is 0 Å². The van der Waals surface area contributed by atoms with Gasteiger partial charge in [-0.1, -0.05) is 47.0 Å². The Morgan fingerprint density at radius 3 is 2.37 bits per heavy atom. The Hall–Kier alpha value is -0.610. The number of rotatable bonds is 5. The zero-order valence-corrected chi connectivity index (χ0v) is 19.6. The molecule has 4 heteroatoms. The van der Waals surface area contributed by atoms with Crippen LogP contribution in [0.15, 0.2) is 0 Å². The van der Waals surface area contributed by atoms with Crippen molar-refractivity contribution in [3.8, 4) is 0 Å². The summed E-state index contributed by atoms with van der Waals surface area (Å²) in [6.07, 6.45) is 13.2. The van der Waals surface area contributed by atoms with Crippen LogP contribution in [0, 0.1) is 52.3 Å². The van der Waals surface area contributed by atoms with Gasteiger partial charge in [-0.15, -0.1) is 0 Å². The van der Waals surface area contributed by atoms with Gasteiger partial charge in [0.05, 0.1) is 0 Å². The molecule has 0 unspecified atom stereocenters. The molecule has 0 aromatic heterocycles. The monoisotopic (exact) mass is 420 g/mol. The first kappa shape index (κ1) is 22.6. The lowest BCUT2D eigenvalue weighted by atomic mass is 9.42. The van der Waals surface area contributed by atoms with Gasteiger partial charge in [0.25, 0.3) is 5.79 Å². The van der Waals surface area contributed by atoms with Crippen LogP contribution in [-0.2, 0) is 4.79 Å². The van der Waals surface area contributed by atoms with Crippen molar-refractivity contribution in [2.75, 3.05) is 0 Å². The van der Waals surface area contributed by atoms with Crippen LogP contribution in [-0.4, -0.2) is 27.1 Å². The van der Waals surface area contributed by atoms with E-state index >= 15 is 0 Å². The van der Waals surface area contributed by atoms with Crippen molar-refractivity contribution in [3.63, 3.8) is 0 Å². The Kier molecular flexibility index (Phi) is 5.84. The first-order valence-electron chi connectivity index (χ1n) is 12.7. The average molecular weight is 421 g/mol. The minimum atomic E-state index is -2.61. The van der Waals surface area contributed by atoms with Gasteiger partial charge in [0, 0.05) is 6.42 Å². The summed E-state index contributed by atoms with van der Waals surface area (Å²) < 4.78 is 0. The van der Waals surface area contributed by atoms with Crippen LogP contribution >= 0.6 is 0 Å². The van der Waals surface area contributed by atoms with Crippen LogP contribution in [0.2, 0.25) is 0 Å². The molecule has 0 aromatic rings. The van der Waals surface area contributed by atoms with Crippen LogP contribution in [0.3, 0.4) is 0 Å². The molecule has 4 rings (SSSR count). The van der Waals surface area contributed by atoms with Gasteiger partial charge in [0.15, 0.2) is 0 Å². The maximum Gasteiger partial charge on any atom is 0.364 e. The normalized spacial score (nSPS) is 47.1. The molecule has 3 N–H and O–H groups in total. The average Bonchev–Trinajstić information content (AvgIpc) is 3.04. The number of carboxylic acids is 1. The number of fused-ring (bicyclic) bond motifs is 5. The third kappa shape index (κ3) is 3.36. The quantitative estimate of drug-likeness (QED) is 0.516. The van der Waals surface area contributed by atoms with E-state index in [0.29, 0.717) is 17.3 Å². The zero-order valence-electron chi connectivity index (χ0n) is 19.6. The number of aliphatic hydroxyl groups is 2. The third-order valence-electron chi connectivity index (χ3n) is 11.0. The molecule has 0 radical (unpaired) electrons. The first-order valence-corrected chi connectivity index (χ1v) is 12.7. The second-order valence-corrected chi connectivity index (χ2v) is 12.2. The molecule has 4 saturated carbocycles. The molecule has 30 heavy (non-hydrogen) atoms. The maximum absolute atomic E-state index is 11.3. The van der Waals surface area contributed by atoms with Crippen molar-refractivity contribution in [1.29, 1.82) is 0 Å². The van der Waals surface area contributed by atoms with Gasteiger partial charge in [0.2, 0.25) is 0 Å². The van der Waals surface area contributed by atoms with Crippen molar-refractivity contribution < 1.29 is 20.1 Å². The predicted molar refractivity (Wildman–Crippen MR) is 118 cm³/mol. The van der Waals surface area contributed by atoms with Crippen molar-refractivity contribution in [2.45, 2.75) is 104 Å². The summed E-state index contributed by atoms with van der Waals surface area (Å²) in [4.78, 5) is 11.3. The highest BCUT2D eigenvalue weighted by molar-refractivity contribution is 5.74. The van der Waals surface area contributed by atoms with Crippen molar-refractivity contribution in [3.05, 3.63) is 0 Å². The molecular formula is C26H44O4. The standard InChI is InChI=1S/C26H44O4/c1-5-17-14-18-21-10-9-19(16(2)15-26(29,30)23(27)28)25(21,4)13-11-22(18)24(3)12-7-6-8-20(17)24/h16-22,29-30H,5-15H2,1-4H3,(H,27,28)/t16-,17+,18+,19-,20+,21+,22+,24+,25-/m1/s1. The second kappa shape index (κ2) is 7.76. The number of hydrogen-bond donors (Lipinski definition) is 3. The SMILES string of the molecule is CC[C@H]1C[C@@H]2[C@H](CC[C@]3(C)[C@@H]([C@H](C)CC(O)(O)C(=O)O)CC[C@@H]23)[C@@]2(C)CCCC[C@@H]12. The topological polar surface area (TPSA) is 77.8 Å². The summed E-state index contributed by atoms with van der Waals surface area (Å²) in [6, 6.07) is 0. The van der Waals surface area contributed by atoms with Crippen molar-refractivity contribution in [1.82, 2.24) is 0 Å². The van der Waals surface area contributed by atoms with E-state index in [1.807, 2.05) is 6.92 Å². The van der Waals surface area contributed by atoms with E-state index in [2.05, 4.69) is 20.8 Å². The molecule has 172 valence electrons. The van der Waals surface area contributed by atoms with Gasteiger partial charge in [-0.05, 0) is 97.2 Å².